The fourth-order valence-electron chi connectivity index (χ4n) is 0.641. The van der Waals surface area contributed by atoms with Crippen molar-refractivity contribution in [3.63, 3.8) is 0 Å². The topological polar surface area (TPSA) is 86.6 Å². The predicted molar refractivity (Wildman–Crippen MR) is 37.3 cm³/mol. The Bertz CT molecular complexity index is 143. The van der Waals surface area contributed by atoms with Gasteiger partial charge in [-0.25, -0.2) is 0 Å². The molecule has 0 heterocycles. The van der Waals surface area contributed by atoms with Crippen LogP contribution in [0.25, 0.3) is 0 Å². The molecule has 0 saturated heterocycles. The quantitative estimate of drug-likeness (QED) is 0.468. The van der Waals surface area contributed by atoms with E-state index in [2.05, 4.69) is 5.32 Å². The SMILES string of the molecule is CNCCC(C(=O)O)C(=O)O. The largest absolute Gasteiger partial charge is 0.481 e. The molecule has 5 heteroatoms. The summed E-state index contributed by atoms with van der Waals surface area (Å²) in [5, 5.41) is 19.4. The molecular formula is C6H11NO4. The number of rotatable bonds is 5. The van der Waals surface area contributed by atoms with E-state index in [0.717, 1.165) is 0 Å². The molecule has 0 spiro atoms. The zero-order chi connectivity index (χ0) is 8.85. The number of carboxylic acids is 2. The van der Waals surface area contributed by atoms with Crippen LogP contribution in [-0.2, 0) is 9.59 Å². The predicted octanol–water partition coefficient (Wildman–Crippen LogP) is -0.619. The van der Waals surface area contributed by atoms with Crippen molar-refractivity contribution in [1.29, 1.82) is 0 Å². The van der Waals surface area contributed by atoms with Gasteiger partial charge in [-0.1, -0.05) is 0 Å². The van der Waals surface area contributed by atoms with Gasteiger partial charge < -0.3 is 15.5 Å². The van der Waals surface area contributed by atoms with Crippen LogP contribution in [-0.4, -0.2) is 35.7 Å². The van der Waals surface area contributed by atoms with Crippen molar-refractivity contribution in [1.82, 2.24) is 5.32 Å². The lowest BCUT2D eigenvalue weighted by molar-refractivity contribution is -0.154. The van der Waals surface area contributed by atoms with Gasteiger partial charge in [-0.2, -0.15) is 0 Å². The molecule has 11 heavy (non-hydrogen) atoms. The molecule has 5 nitrogen and oxygen atoms in total. The minimum atomic E-state index is -1.29. The van der Waals surface area contributed by atoms with Crippen LogP contribution in [0.4, 0.5) is 0 Å². The second-order valence-electron chi connectivity index (χ2n) is 2.12. The molecule has 0 aromatic carbocycles. The molecule has 0 amide bonds. The molecule has 64 valence electrons. The molecule has 0 radical (unpaired) electrons. The van der Waals surface area contributed by atoms with Crippen LogP contribution in [0.5, 0.6) is 0 Å². The van der Waals surface area contributed by atoms with Gasteiger partial charge in [-0.05, 0) is 20.0 Å². The summed E-state index contributed by atoms with van der Waals surface area (Å²) >= 11 is 0. The maximum absolute atomic E-state index is 10.2. The Morgan fingerprint density at radius 3 is 2.09 bits per heavy atom. The minimum Gasteiger partial charge on any atom is -0.481 e. The first-order valence-electron chi connectivity index (χ1n) is 3.19. The number of nitrogens with one attached hydrogen (secondary N) is 1. The molecule has 0 aliphatic carbocycles. The maximum Gasteiger partial charge on any atom is 0.317 e. The highest BCUT2D eigenvalue weighted by molar-refractivity contribution is 5.92. The fraction of sp³-hybridized carbons (Fsp3) is 0.667. The van der Waals surface area contributed by atoms with E-state index in [1.165, 1.54) is 0 Å². The van der Waals surface area contributed by atoms with Crippen molar-refractivity contribution in [2.24, 2.45) is 5.92 Å². The van der Waals surface area contributed by atoms with Crippen LogP contribution in [0.1, 0.15) is 6.42 Å². The fourth-order valence-corrected chi connectivity index (χ4v) is 0.641. The van der Waals surface area contributed by atoms with Gasteiger partial charge in [0.05, 0.1) is 0 Å². The first kappa shape index (κ1) is 9.90. The summed E-state index contributed by atoms with van der Waals surface area (Å²) in [6.45, 7) is 0.392. The summed E-state index contributed by atoms with van der Waals surface area (Å²) in [5.74, 6) is -3.86. The van der Waals surface area contributed by atoms with Gasteiger partial charge in [0.25, 0.3) is 0 Å². The highest BCUT2D eigenvalue weighted by Gasteiger charge is 2.24. The van der Waals surface area contributed by atoms with Gasteiger partial charge in [0.2, 0.25) is 0 Å². The molecule has 0 aromatic rings. The summed E-state index contributed by atoms with van der Waals surface area (Å²) < 4.78 is 0. The lowest BCUT2D eigenvalue weighted by Gasteiger charge is -2.05. The average Bonchev–Trinajstić information content (AvgIpc) is 1.87. The van der Waals surface area contributed by atoms with Gasteiger partial charge in [0, 0.05) is 0 Å². The van der Waals surface area contributed by atoms with Crippen molar-refractivity contribution in [3.8, 4) is 0 Å². The highest BCUT2D eigenvalue weighted by Crippen LogP contribution is 2.01. The third kappa shape index (κ3) is 3.57. The molecule has 0 saturated carbocycles. The molecule has 0 fully saturated rings. The second kappa shape index (κ2) is 4.68. The molecule has 0 aliphatic rings. The minimum absolute atomic E-state index is 0.112. The van der Waals surface area contributed by atoms with Gasteiger partial charge in [0.15, 0.2) is 5.92 Å². The Morgan fingerprint density at radius 1 is 1.36 bits per heavy atom. The molecule has 0 rings (SSSR count). The lowest BCUT2D eigenvalue weighted by Crippen LogP contribution is -2.26. The Labute approximate surface area is 64.0 Å². The lowest BCUT2D eigenvalue weighted by atomic mass is 10.1. The van der Waals surface area contributed by atoms with Gasteiger partial charge >= 0.3 is 11.9 Å². The third-order valence-corrected chi connectivity index (χ3v) is 1.28. The van der Waals surface area contributed by atoms with Crippen molar-refractivity contribution < 1.29 is 19.8 Å². The number of aliphatic carboxylic acids is 2. The van der Waals surface area contributed by atoms with E-state index in [1.54, 1.807) is 7.05 Å². The Hall–Kier alpha value is -1.10. The summed E-state index contributed by atoms with van der Waals surface area (Å²) in [7, 11) is 1.64. The van der Waals surface area contributed by atoms with Crippen LogP contribution in [0, 0.1) is 5.92 Å². The number of hydrogen-bond donors (Lipinski definition) is 3. The van der Waals surface area contributed by atoms with E-state index < -0.39 is 17.9 Å². The molecule has 0 aromatic heterocycles. The molecule has 0 atom stereocenters. The highest BCUT2D eigenvalue weighted by atomic mass is 16.4. The van der Waals surface area contributed by atoms with Crippen molar-refractivity contribution >= 4 is 11.9 Å². The molecule has 3 N–H and O–H groups in total. The average molecular weight is 161 g/mol. The van der Waals surface area contributed by atoms with E-state index >= 15 is 0 Å². The normalized spacial score (nSPS) is 10.0. The molecular weight excluding hydrogens is 150 g/mol. The summed E-state index contributed by atoms with van der Waals surface area (Å²) in [6, 6.07) is 0. The number of carbonyl (C=O) groups is 2. The van der Waals surface area contributed by atoms with Crippen LogP contribution >= 0.6 is 0 Å². The van der Waals surface area contributed by atoms with Crippen LogP contribution in [0.2, 0.25) is 0 Å². The van der Waals surface area contributed by atoms with Crippen LogP contribution < -0.4 is 5.32 Å². The van der Waals surface area contributed by atoms with Crippen LogP contribution in [0.3, 0.4) is 0 Å². The van der Waals surface area contributed by atoms with Crippen molar-refractivity contribution in [2.45, 2.75) is 6.42 Å². The van der Waals surface area contributed by atoms with Gasteiger partial charge in [0.1, 0.15) is 0 Å². The number of carboxylic acid groups (broad SMARTS) is 2. The summed E-state index contributed by atoms with van der Waals surface area (Å²) in [6.07, 6.45) is 0.112. The summed E-state index contributed by atoms with van der Waals surface area (Å²) in [4.78, 5) is 20.5. The number of hydrogen-bond acceptors (Lipinski definition) is 3. The van der Waals surface area contributed by atoms with E-state index in [-0.39, 0.29) is 6.42 Å². The van der Waals surface area contributed by atoms with E-state index in [1.807, 2.05) is 0 Å². The Morgan fingerprint density at radius 2 is 1.82 bits per heavy atom. The Kier molecular flexibility index (Phi) is 4.21. The first-order chi connectivity index (χ1) is 5.09. The molecule has 0 aliphatic heterocycles. The standard InChI is InChI=1S/C6H11NO4/c1-7-3-2-4(5(8)9)6(10)11/h4,7H,2-3H2,1H3,(H,8,9)(H,10,11). The molecule has 0 unspecified atom stereocenters. The molecule has 0 bridgehead atoms. The van der Waals surface area contributed by atoms with Crippen LogP contribution in [0.15, 0.2) is 0 Å². The zero-order valence-electron chi connectivity index (χ0n) is 6.20. The zero-order valence-corrected chi connectivity index (χ0v) is 6.20. The smallest absolute Gasteiger partial charge is 0.317 e. The monoisotopic (exact) mass is 161 g/mol. The van der Waals surface area contributed by atoms with E-state index in [0.29, 0.717) is 6.54 Å². The Balaban J connectivity index is 3.90. The summed E-state index contributed by atoms with van der Waals surface area (Å²) in [5.41, 5.74) is 0. The second-order valence-corrected chi connectivity index (χ2v) is 2.12. The third-order valence-electron chi connectivity index (χ3n) is 1.28. The van der Waals surface area contributed by atoms with Crippen molar-refractivity contribution in [2.75, 3.05) is 13.6 Å². The van der Waals surface area contributed by atoms with E-state index in [9.17, 15) is 9.59 Å². The van der Waals surface area contributed by atoms with Gasteiger partial charge in [-0.15, -0.1) is 0 Å². The first-order valence-corrected chi connectivity index (χ1v) is 3.19. The van der Waals surface area contributed by atoms with Crippen molar-refractivity contribution in [3.05, 3.63) is 0 Å². The van der Waals surface area contributed by atoms with Gasteiger partial charge in [-0.3, -0.25) is 9.59 Å². The maximum atomic E-state index is 10.2. The van der Waals surface area contributed by atoms with E-state index in [4.69, 9.17) is 10.2 Å².